The Bertz CT molecular complexity index is 240. The van der Waals surface area contributed by atoms with E-state index in [9.17, 15) is 4.79 Å². The monoisotopic (exact) mass is 240 g/mol. The van der Waals surface area contributed by atoms with Crippen molar-refractivity contribution >= 4 is 5.91 Å². The van der Waals surface area contributed by atoms with Gasteiger partial charge in [0.2, 0.25) is 5.91 Å². The summed E-state index contributed by atoms with van der Waals surface area (Å²) >= 11 is 0. The predicted octanol–water partition coefficient (Wildman–Crippen LogP) is 2.76. The highest BCUT2D eigenvalue weighted by Gasteiger charge is 2.34. The smallest absolute Gasteiger partial charge is 0.240 e. The summed E-state index contributed by atoms with van der Waals surface area (Å²) in [4.78, 5) is 14.0. The molecule has 17 heavy (non-hydrogen) atoms. The van der Waals surface area contributed by atoms with Crippen LogP contribution in [0.25, 0.3) is 0 Å². The third-order valence-corrected chi connectivity index (χ3v) is 3.46. The van der Waals surface area contributed by atoms with E-state index in [1.165, 1.54) is 12.8 Å². The predicted molar refractivity (Wildman–Crippen MR) is 71.7 cm³/mol. The summed E-state index contributed by atoms with van der Waals surface area (Å²) in [6, 6.07) is 0.0108. The molecule has 1 aliphatic rings. The number of hydrogen-bond acceptors (Lipinski definition) is 2. The van der Waals surface area contributed by atoms with Gasteiger partial charge in [0.05, 0.1) is 12.2 Å². The number of nitrogens with zero attached hydrogens (tertiary/aromatic N) is 1. The molecular weight excluding hydrogens is 212 g/mol. The van der Waals surface area contributed by atoms with Gasteiger partial charge in [-0.1, -0.05) is 40.0 Å². The van der Waals surface area contributed by atoms with Gasteiger partial charge in [-0.3, -0.25) is 10.1 Å². The zero-order valence-corrected chi connectivity index (χ0v) is 11.8. The van der Waals surface area contributed by atoms with Crippen LogP contribution in [0.15, 0.2) is 0 Å². The molecular formula is C14H28N2O. The average Bonchev–Trinajstić information content (AvgIpc) is 2.51. The third-order valence-electron chi connectivity index (χ3n) is 3.46. The Kier molecular flexibility index (Phi) is 5.96. The first kappa shape index (κ1) is 14.5. The van der Waals surface area contributed by atoms with Gasteiger partial charge in [-0.15, -0.1) is 0 Å². The third kappa shape index (κ3) is 4.30. The molecule has 0 aromatic heterocycles. The molecule has 1 amide bonds. The van der Waals surface area contributed by atoms with E-state index in [0.29, 0.717) is 0 Å². The maximum Gasteiger partial charge on any atom is 0.240 e. The number of unbranched alkanes of at least 4 members (excludes halogenated alkanes) is 1. The van der Waals surface area contributed by atoms with Crippen molar-refractivity contribution in [2.24, 2.45) is 5.92 Å². The highest BCUT2D eigenvalue weighted by molar-refractivity contribution is 5.83. The summed E-state index contributed by atoms with van der Waals surface area (Å²) in [5.74, 6) is 1.06. The summed E-state index contributed by atoms with van der Waals surface area (Å²) in [6.45, 7) is 9.58. The van der Waals surface area contributed by atoms with Crippen LogP contribution in [0, 0.1) is 5.92 Å². The highest BCUT2D eigenvalue weighted by Crippen LogP contribution is 2.16. The lowest BCUT2D eigenvalue weighted by Crippen LogP contribution is -2.37. The fourth-order valence-electron chi connectivity index (χ4n) is 2.47. The average molecular weight is 240 g/mol. The Hall–Kier alpha value is -0.570. The van der Waals surface area contributed by atoms with Crippen LogP contribution in [0.4, 0.5) is 0 Å². The van der Waals surface area contributed by atoms with Crippen molar-refractivity contribution in [1.29, 1.82) is 0 Å². The molecule has 0 aliphatic carbocycles. The summed E-state index contributed by atoms with van der Waals surface area (Å²) in [6.07, 6.45) is 6.11. The van der Waals surface area contributed by atoms with Crippen LogP contribution >= 0.6 is 0 Å². The lowest BCUT2D eigenvalue weighted by atomic mass is 10.1. The molecule has 0 bridgehead atoms. The number of amides is 1. The molecule has 1 heterocycles. The van der Waals surface area contributed by atoms with Crippen LogP contribution in [0.1, 0.15) is 59.8 Å². The molecule has 0 aromatic rings. The van der Waals surface area contributed by atoms with Gasteiger partial charge in [0.25, 0.3) is 0 Å². The Labute approximate surface area is 106 Å². The van der Waals surface area contributed by atoms with Gasteiger partial charge >= 0.3 is 0 Å². The van der Waals surface area contributed by atoms with Gasteiger partial charge in [-0.05, 0) is 25.7 Å². The normalized spacial score (nSPS) is 25.0. The van der Waals surface area contributed by atoms with Crippen LogP contribution in [0.2, 0.25) is 0 Å². The van der Waals surface area contributed by atoms with E-state index in [4.69, 9.17) is 0 Å². The minimum atomic E-state index is 0.0108. The largest absolute Gasteiger partial charge is 0.326 e. The fraction of sp³-hybridized carbons (Fsp3) is 0.929. The Balaban J connectivity index is 2.35. The molecule has 100 valence electrons. The lowest BCUT2D eigenvalue weighted by Gasteiger charge is -2.24. The van der Waals surface area contributed by atoms with E-state index in [1.807, 2.05) is 6.92 Å². The summed E-state index contributed by atoms with van der Waals surface area (Å²) < 4.78 is 0. The van der Waals surface area contributed by atoms with Crippen LogP contribution in [0.5, 0.6) is 0 Å². The quantitative estimate of drug-likeness (QED) is 0.694. The van der Waals surface area contributed by atoms with Gasteiger partial charge in [0, 0.05) is 6.54 Å². The van der Waals surface area contributed by atoms with E-state index < -0.39 is 0 Å². The Morgan fingerprint density at radius 3 is 2.65 bits per heavy atom. The van der Waals surface area contributed by atoms with E-state index in [0.717, 1.165) is 31.7 Å². The fourth-order valence-corrected chi connectivity index (χ4v) is 2.47. The zero-order chi connectivity index (χ0) is 12.8. The van der Waals surface area contributed by atoms with Crippen LogP contribution in [-0.2, 0) is 4.79 Å². The molecule has 2 unspecified atom stereocenters. The molecule has 3 heteroatoms. The zero-order valence-electron chi connectivity index (χ0n) is 11.8. The SMILES string of the molecule is CCCC1NC(C)C(=O)N1CCCCC(C)C. The Morgan fingerprint density at radius 2 is 2.06 bits per heavy atom. The molecule has 2 atom stereocenters. The maximum atomic E-state index is 12.0. The minimum absolute atomic E-state index is 0.0108. The van der Waals surface area contributed by atoms with E-state index >= 15 is 0 Å². The summed E-state index contributed by atoms with van der Waals surface area (Å²) in [7, 11) is 0. The van der Waals surface area contributed by atoms with Crippen LogP contribution < -0.4 is 5.32 Å². The number of carbonyl (C=O) groups excluding carboxylic acids is 1. The molecule has 1 rings (SSSR count). The van der Waals surface area contributed by atoms with E-state index in [1.54, 1.807) is 0 Å². The number of rotatable bonds is 7. The van der Waals surface area contributed by atoms with Crippen molar-refractivity contribution in [3.8, 4) is 0 Å². The summed E-state index contributed by atoms with van der Waals surface area (Å²) in [5, 5.41) is 3.38. The van der Waals surface area contributed by atoms with Crippen molar-refractivity contribution in [1.82, 2.24) is 10.2 Å². The van der Waals surface area contributed by atoms with Gasteiger partial charge in [0.15, 0.2) is 0 Å². The highest BCUT2D eigenvalue weighted by atomic mass is 16.2. The van der Waals surface area contributed by atoms with Gasteiger partial charge in [-0.2, -0.15) is 0 Å². The molecule has 0 radical (unpaired) electrons. The lowest BCUT2D eigenvalue weighted by molar-refractivity contribution is -0.129. The second-order valence-corrected chi connectivity index (χ2v) is 5.61. The molecule has 1 saturated heterocycles. The van der Waals surface area contributed by atoms with E-state index in [2.05, 4.69) is 31.0 Å². The van der Waals surface area contributed by atoms with Crippen molar-refractivity contribution in [2.75, 3.05) is 6.54 Å². The van der Waals surface area contributed by atoms with Crippen molar-refractivity contribution in [2.45, 2.75) is 72.0 Å². The van der Waals surface area contributed by atoms with Crippen molar-refractivity contribution in [3.63, 3.8) is 0 Å². The van der Waals surface area contributed by atoms with E-state index in [-0.39, 0.29) is 18.1 Å². The second kappa shape index (κ2) is 7.00. The molecule has 0 aromatic carbocycles. The molecule has 1 N–H and O–H groups in total. The second-order valence-electron chi connectivity index (χ2n) is 5.61. The summed E-state index contributed by atoms with van der Waals surface area (Å²) in [5.41, 5.74) is 0. The molecule has 0 spiro atoms. The first-order valence-electron chi connectivity index (χ1n) is 7.12. The molecule has 3 nitrogen and oxygen atoms in total. The van der Waals surface area contributed by atoms with Gasteiger partial charge in [-0.25, -0.2) is 0 Å². The number of nitrogens with one attached hydrogen (secondary N) is 1. The van der Waals surface area contributed by atoms with Crippen LogP contribution in [-0.4, -0.2) is 29.6 Å². The minimum Gasteiger partial charge on any atom is -0.326 e. The van der Waals surface area contributed by atoms with Crippen molar-refractivity contribution < 1.29 is 4.79 Å². The topological polar surface area (TPSA) is 32.3 Å². The molecule has 0 saturated carbocycles. The van der Waals surface area contributed by atoms with Crippen LogP contribution in [0.3, 0.4) is 0 Å². The first-order valence-corrected chi connectivity index (χ1v) is 7.12. The number of carbonyl (C=O) groups is 1. The standard InChI is InChI=1S/C14H28N2O/c1-5-8-13-15-12(4)14(17)16(13)10-7-6-9-11(2)3/h11-13,15H,5-10H2,1-4H3. The van der Waals surface area contributed by atoms with Gasteiger partial charge < -0.3 is 4.90 Å². The first-order chi connectivity index (χ1) is 8.06. The molecule has 1 fully saturated rings. The molecule has 1 aliphatic heterocycles. The maximum absolute atomic E-state index is 12.0. The van der Waals surface area contributed by atoms with Crippen molar-refractivity contribution in [3.05, 3.63) is 0 Å². The van der Waals surface area contributed by atoms with Gasteiger partial charge in [0.1, 0.15) is 0 Å². The Morgan fingerprint density at radius 1 is 1.35 bits per heavy atom. The number of hydrogen-bond donors (Lipinski definition) is 1.